The van der Waals surface area contributed by atoms with E-state index in [1.165, 1.54) is 0 Å². The second-order valence-corrected chi connectivity index (χ2v) is 8.31. The summed E-state index contributed by atoms with van der Waals surface area (Å²) in [6.45, 7) is 2.34. The summed E-state index contributed by atoms with van der Waals surface area (Å²) in [4.78, 5) is 25.9. The number of carbonyl (C=O) groups is 2. The van der Waals surface area contributed by atoms with Gasteiger partial charge in [0.1, 0.15) is 23.9 Å². The van der Waals surface area contributed by atoms with Crippen molar-refractivity contribution in [2.45, 2.75) is 13.5 Å². The van der Waals surface area contributed by atoms with Crippen molar-refractivity contribution < 1.29 is 24.2 Å². The Bertz CT molecular complexity index is 1600. The number of benzene rings is 3. The normalized spacial score (nSPS) is 10.3. The monoisotopic (exact) mass is 526 g/mol. The van der Waals surface area contributed by atoms with Crippen molar-refractivity contribution in [3.05, 3.63) is 108 Å². The van der Waals surface area contributed by atoms with E-state index in [4.69, 9.17) is 25.1 Å². The molecule has 0 fully saturated rings. The van der Waals surface area contributed by atoms with Crippen LogP contribution in [0.3, 0.4) is 0 Å². The van der Waals surface area contributed by atoms with Gasteiger partial charge in [-0.15, -0.1) is 5.10 Å². The number of ether oxygens (including phenoxy) is 2. The number of anilines is 2. The average Bonchev–Trinajstić information content (AvgIpc) is 3.29. The number of aromatic nitrogens is 3. The molecule has 5 rings (SSSR count). The van der Waals surface area contributed by atoms with Crippen LogP contribution in [0.2, 0.25) is 0 Å². The fourth-order valence-corrected chi connectivity index (χ4v) is 3.52. The third-order valence-corrected chi connectivity index (χ3v) is 5.34. The van der Waals surface area contributed by atoms with Crippen molar-refractivity contribution in [2.75, 3.05) is 11.1 Å². The van der Waals surface area contributed by atoms with Gasteiger partial charge in [-0.3, -0.25) is 4.79 Å². The number of aryl methyl sites for hydroxylation is 1. The maximum atomic E-state index is 13.0. The molecule has 0 atom stereocenters. The number of carbonyl (C=O) groups excluding carboxylic acids is 1. The highest BCUT2D eigenvalue weighted by Gasteiger charge is 2.11. The number of carboxylic acid groups (broad SMARTS) is 1. The summed E-state index contributed by atoms with van der Waals surface area (Å²) in [6.07, 6.45) is 0.278. The number of nitrogens with zero attached hydrogens (tertiary/aromatic N) is 3. The Hall–Kier alpha value is -5.58. The summed E-state index contributed by atoms with van der Waals surface area (Å²) < 4.78 is 13.3. The smallest absolute Gasteiger partial charge is 0.402 e. The van der Waals surface area contributed by atoms with Crippen LogP contribution in [0.25, 0.3) is 5.65 Å². The molecule has 11 heteroatoms. The highest BCUT2D eigenvalue weighted by Crippen LogP contribution is 2.27. The Morgan fingerprint density at radius 3 is 2.51 bits per heavy atom. The molecular weight excluding hydrogens is 500 g/mol. The Kier molecular flexibility index (Phi) is 8.22. The van der Waals surface area contributed by atoms with Crippen LogP contribution in [-0.4, -0.2) is 31.7 Å². The molecule has 2 amide bonds. The minimum absolute atomic E-state index is 0.246. The fourth-order valence-electron chi connectivity index (χ4n) is 3.52. The quantitative estimate of drug-likeness (QED) is 0.233. The third kappa shape index (κ3) is 7.46. The first-order valence-corrected chi connectivity index (χ1v) is 11.7. The van der Waals surface area contributed by atoms with Crippen LogP contribution < -0.4 is 26.3 Å². The van der Waals surface area contributed by atoms with E-state index in [9.17, 15) is 4.79 Å². The standard InChI is InChI=1S/C27H23N5O3.CH3NO2/c1-18-10-11-22(35-26-13-12-25-30-24(28)16-32(25)31-26)15-23(18)29-27(33)20-8-5-9-21(14-20)34-17-19-6-3-2-4-7-19;2-1(3)4/h2-16H,17,28H2,1H3,(H,29,33);2H2,(H,3,4). The lowest BCUT2D eigenvalue weighted by Gasteiger charge is -2.12. The molecule has 0 aliphatic heterocycles. The molecule has 0 unspecified atom stereocenters. The van der Waals surface area contributed by atoms with Crippen LogP contribution in [0.1, 0.15) is 21.5 Å². The van der Waals surface area contributed by atoms with Crippen molar-refractivity contribution in [2.24, 2.45) is 5.73 Å². The van der Waals surface area contributed by atoms with Crippen molar-refractivity contribution in [1.82, 2.24) is 14.6 Å². The molecule has 5 aromatic rings. The van der Waals surface area contributed by atoms with Gasteiger partial charge in [0, 0.05) is 23.4 Å². The van der Waals surface area contributed by atoms with Gasteiger partial charge in [0.2, 0.25) is 5.88 Å². The predicted molar refractivity (Wildman–Crippen MR) is 146 cm³/mol. The molecule has 11 nitrogen and oxygen atoms in total. The van der Waals surface area contributed by atoms with Gasteiger partial charge in [0.25, 0.3) is 5.91 Å². The van der Waals surface area contributed by atoms with Crippen LogP contribution >= 0.6 is 0 Å². The van der Waals surface area contributed by atoms with Crippen molar-refractivity contribution in [1.29, 1.82) is 0 Å². The van der Waals surface area contributed by atoms with Gasteiger partial charge in [-0.25, -0.2) is 14.3 Å². The molecule has 0 saturated carbocycles. The van der Waals surface area contributed by atoms with E-state index in [2.05, 4.69) is 21.1 Å². The van der Waals surface area contributed by atoms with Gasteiger partial charge in [0.15, 0.2) is 5.65 Å². The average molecular weight is 527 g/mol. The number of fused-ring (bicyclic) bond motifs is 1. The number of primary amides is 1. The van der Waals surface area contributed by atoms with E-state index in [-0.39, 0.29) is 5.91 Å². The van der Waals surface area contributed by atoms with Crippen LogP contribution in [0, 0.1) is 6.92 Å². The Morgan fingerprint density at radius 1 is 0.974 bits per heavy atom. The Labute approximate surface area is 223 Å². The lowest BCUT2D eigenvalue weighted by atomic mass is 10.1. The summed E-state index contributed by atoms with van der Waals surface area (Å²) in [7, 11) is 0. The molecule has 0 spiro atoms. The molecule has 0 bridgehead atoms. The zero-order valence-corrected chi connectivity index (χ0v) is 20.9. The maximum absolute atomic E-state index is 13.0. The number of hydrogen-bond acceptors (Lipinski definition) is 7. The predicted octanol–water partition coefficient (Wildman–Crippen LogP) is 4.87. The molecule has 0 aliphatic carbocycles. The molecule has 198 valence electrons. The lowest BCUT2D eigenvalue weighted by Crippen LogP contribution is -2.13. The first-order chi connectivity index (χ1) is 18.8. The Morgan fingerprint density at radius 2 is 1.74 bits per heavy atom. The molecule has 0 radical (unpaired) electrons. The molecule has 0 aliphatic rings. The van der Waals surface area contributed by atoms with Crippen LogP contribution in [0.5, 0.6) is 17.4 Å². The molecular formula is C28H26N6O5. The lowest BCUT2D eigenvalue weighted by molar-refractivity contribution is 0.102. The molecule has 2 aromatic heterocycles. The maximum Gasteiger partial charge on any atom is 0.402 e. The van der Waals surface area contributed by atoms with E-state index < -0.39 is 6.09 Å². The Balaban J connectivity index is 0.000000826. The van der Waals surface area contributed by atoms with Gasteiger partial charge >= 0.3 is 6.09 Å². The number of nitrogens with one attached hydrogen (secondary N) is 1. The van der Waals surface area contributed by atoms with E-state index in [1.54, 1.807) is 47.1 Å². The summed E-state index contributed by atoms with van der Waals surface area (Å²) in [6, 6.07) is 25.9. The number of rotatable bonds is 7. The zero-order valence-electron chi connectivity index (χ0n) is 20.9. The van der Waals surface area contributed by atoms with Crippen LogP contribution in [0.15, 0.2) is 91.1 Å². The molecule has 2 heterocycles. The molecule has 0 saturated heterocycles. The van der Waals surface area contributed by atoms with E-state index in [0.717, 1.165) is 11.1 Å². The highest BCUT2D eigenvalue weighted by atomic mass is 16.5. The minimum atomic E-state index is -1.33. The van der Waals surface area contributed by atoms with Gasteiger partial charge in [0.05, 0.1) is 6.20 Å². The highest BCUT2D eigenvalue weighted by molar-refractivity contribution is 6.05. The molecule has 6 N–H and O–H groups in total. The third-order valence-electron chi connectivity index (χ3n) is 5.34. The van der Waals surface area contributed by atoms with Gasteiger partial charge in [-0.1, -0.05) is 42.5 Å². The van der Waals surface area contributed by atoms with Crippen molar-refractivity contribution in [3.63, 3.8) is 0 Å². The topological polar surface area (TPSA) is 167 Å². The SMILES string of the molecule is Cc1ccc(Oc2ccc3nc(N)cn3n2)cc1NC(=O)c1cccc(OCc2ccccc2)c1.NC(=O)O. The fraction of sp³-hybridized carbons (Fsp3) is 0.0714. The summed E-state index contributed by atoms with van der Waals surface area (Å²) in [5.74, 6) is 1.66. The first-order valence-electron chi connectivity index (χ1n) is 11.7. The largest absolute Gasteiger partial charge is 0.489 e. The number of amides is 2. The molecule has 3 aromatic carbocycles. The summed E-state index contributed by atoms with van der Waals surface area (Å²) in [5, 5.41) is 14.5. The van der Waals surface area contributed by atoms with E-state index in [0.29, 0.717) is 46.7 Å². The van der Waals surface area contributed by atoms with Crippen LogP contribution in [0.4, 0.5) is 16.3 Å². The number of hydrogen-bond donors (Lipinski definition) is 4. The summed E-state index contributed by atoms with van der Waals surface area (Å²) >= 11 is 0. The van der Waals surface area contributed by atoms with Gasteiger partial charge < -0.3 is 31.4 Å². The van der Waals surface area contributed by atoms with Crippen LogP contribution in [-0.2, 0) is 6.61 Å². The number of imidazole rings is 1. The van der Waals surface area contributed by atoms with Gasteiger partial charge in [-0.05, 0) is 48.4 Å². The van der Waals surface area contributed by atoms with Crippen molar-refractivity contribution >= 4 is 29.2 Å². The molecule has 39 heavy (non-hydrogen) atoms. The number of nitrogen functional groups attached to an aromatic ring is 1. The first kappa shape index (κ1) is 26.5. The summed E-state index contributed by atoms with van der Waals surface area (Å²) in [5.41, 5.74) is 13.4. The zero-order chi connectivity index (χ0) is 27.8. The van der Waals surface area contributed by atoms with E-state index in [1.807, 2.05) is 55.5 Å². The van der Waals surface area contributed by atoms with E-state index >= 15 is 0 Å². The second kappa shape index (κ2) is 12.1. The second-order valence-electron chi connectivity index (χ2n) is 8.31. The van der Waals surface area contributed by atoms with Gasteiger partial charge in [-0.2, -0.15) is 0 Å². The minimum Gasteiger partial charge on any atom is -0.489 e. The number of nitrogens with two attached hydrogens (primary N) is 2. The van der Waals surface area contributed by atoms with Crippen molar-refractivity contribution in [3.8, 4) is 17.4 Å².